The van der Waals surface area contributed by atoms with Crippen molar-refractivity contribution in [3.05, 3.63) is 71.3 Å². The molecule has 0 fully saturated rings. The molecule has 2 rings (SSSR count). The number of amides is 1. The van der Waals surface area contributed by atoms with Gasteiger partial charge in [-0.15, -0.1) is 12.4 Å². The summed E-state index contributed by atoms with van der Waals surface area (Å²) in [5.74, 6) is -0.401. The molecule has 0 spiro atoms. The zero-order valence-electron chi connectivity index (χ0n) is 13.8. The summed E-state index contributed by atoms with van der Waals surface area (Å²) in [4.78, 5) is 11.0. The number of aliphatic hydroxyl groups is 1. The number of hydrogen-bond donors (Lipinski definition) is 3. The fraction of sp³-hybridized carbons (Fsp3) is 0.316. The summed E-state index contributed by atoms with van der Waals surface area (Å²) in [6.45, 7) is 2.64. The predicted octanol–water partition coefficient (Wildman–Crippen LogP) is 2.85. The molecule has 0 bridgehead atoms. The van der Waals surface area contributed by atoms with E-state index in [1.54, 1.807) is 12.1 Å². The van der Waals surface area contributed by atoms with Gasteiger partial charge in [-0.05, 0) is 43.0 Å². The Bertz CT molecular complexity index is 617. The number of carbonyl (C=O) groups is 1. The first kappa shape index (κ1) is 20.2. The molecular weight excluding hydrogens is 324 g/mol. The smallest absolute Gasteiger partial charge is 0.248 e. The summed E-state index contributed by atoms with van der Waals surface area (Å²) >= 11 is 0. The molecule has 0 aliphatic heterocycles. The van der Waals surface area contributed by atoms with E-state index in [4.69, 9.17) is 5.73 Å². The van der Waals surface area contributed by atoms with Gasteiger partial charge in [0.05, 0.1) is 6.10 Å². The number of rotatable bonds is 8. The van der Waals surface area contributed by atoms with Gasteiger partial charge < -0.3 is 16.2 Å². The number of nitrogens with two attached hydrogens (primary N) is 1. The van der Waals surface area contributed by atoms with E-state index >= 15 is 0 Å². The standard InChI is InChI=1S/C19H24N2O2.ClH/c1-14(21-13-18(22)16-5-3-2-4-6-16)7-8-15-9-11-17(12-10-15)19(20)23;/h2-6,9-12,14,18,21-22H,7-8,13H2,1H3,(H2,20,23);1H/t14-,18?;/m1./s1. The minimum absolute atomic E-state index is 0. The van der Waals surface area contributed by atoms with Gasteiger partial charge in [0, 0.05) is 18.2 Å². The summed E-state index contributed by atoms with van der Waals surface area (Å²) in [6, 6.07) is 17.3. The molecule has 2 atom stereocenters. The first-order chi connectivity index (χ1) is 11.1. The van der Waals surface area contributed by atoms with E-state index in [9.17, 15) is 9.90 Å². The van der Waals surface area contributed by atoms with E-state index < -0.39 is 12.0 Å². The molecule has 0 saturated heterocycles. The lowest BCUT2D eigenvalue weighted by Crippen LogP contribution is -2.30. The predicted molar refractivity (Wildman–Crippen MR) is 99.4 cm³/mol. The largest absolute Gasteiger partial charge is 0.387 e. The van der Waals surface area contributed by atoms with Crippen LogP contribution in [-0.4, -0.2) is 23.6 Å². The second-order valence-electron chi connectivity index (χ2n) is 5.84. The molecule has 130 valence electrons. The molecule has 0 aromatic heterocycles. The zero-order valence-corrected chi connectivity index (χ0v) is 14.6. The van der Waals surface area contributed by atoms with Crippen LogP contribution in [0.1, 0.15) is 40.9 Å². The van der Waals surface area contributed by atoms with Gasteiger partial charge in [0.25, 0.3) is 0 Å². The molecule has 5 heteroatoms. The zero-order chi connectivity index (χ0) is 16.7. The first-order valence-electron chi connectivity index (χ1n) is 7.91. The van der Waals surface area contributed by atoms with Crippen molar-refractivity contribution in [2.75, 3.05) is 6.54 Å². The van der Waals surface area contributed by atoms with Gasteiger partial charge in [0.2, 0.25) is 5.91 Å². The van der Waals surface area contributed by atoms with E-state index in [1.165, 1.54) is 5.56 Å². The summed E-state index contributed by atoms with van der Waals surface area (Å²) in [6.07, 6.45) is 1.38. The number of hydrogen-bond acceptors (Lipinski definition) is 3. The molecule has 0 heterocycles. The Morgan fingerprint density at radius 2 is 1.75 bits per heavy atom. The minimum atomic E-state index is -0.492. The summed E-state index contributed by atoms with van der Waals surface area (Å²) in [7, 11) is 0. The number of halogens is 1. The van der Waals surface area contributed by atoms with Gasteiger partial charge in [0.15, 0.2) is 0 Å². The van der Waals surface area contributed by atoms with Crippen LogP contribution in [0.5, 0.6) is 0 Å². The highest BCUT2D eigenvalue weighted by Gasteiger charge is 2.09. The Morgan fingerprint density at radius 1 is 1.12 bits per heavy atom. The van der Waals surface area contributed by atoms with E-state index in [0.29, 0.717) is 18.2 Å². The van der Waals surface area contributed by atoms with Gasteiger partial charge in [-0.3, -0.25) is 4.79 Å². The Balaban J connectivity index is 0.00000288. The maximum absolute atomic E-state index is 11.0. The van der Waals surface area contributed by atoms with E-state index in [2.05, 4.69) is 12.2 Å². The van der Waals surface area contributed by atoms with Crippen LogP contribution >= 0.6 is 12.4 Å². The molecule has 0 aliphatic carbocycles. The van der Waals surface area contributed by atoms with Crippen molar-refractivity contribution < 1.29 is 9.90 Å². The van der Waals surface area contributed by atoms with Crippen molar-refractivity contribution in [3.8, 4) is 0 Å². The van der Waals surface area contributed by atoms with Crippen LogP contribution < -0.4 is 11.1 Å². The number of benzene rings is 2. The van der Waals surface area contributed by atoms with Crippen LogP contribution in [0.4, 0.5) is 0 Å². The molecule has 1 amide bonds. The van der Waals surface area contributed by atoms with Crippen molar-refractivity contribution in [3.63, 3.8) is 0 Å². The summed E-state index contributed by atoms with van der Waals surface area (Å²) in [5.41, 5.74) is 7.86. The number of carbonyl (C=O) groups excluding carboxylic acids is 1. The van der Waals surface area contributed by atoms with Gasteiger partial charge >= 0.3 is 0 Å². The normalized spacial score (nSPS) is 12.9. The highest BCUT2D eigenvalue weighted by Crippen LogP contribution is 2.12. The highest BCUT2D eigenvalue weighted by molar-refractivity contribution is 5.92. The number of aryl methyl sites for hydroxylation is 1. The molecule has 4 N–H and O–H groups in total. The molecule has 0 saturated carbocycles. The molecular formula is C19H25ClN2O2. The fourth-order valence-electron chi connectivity index (χ4n) is 2.43. The Morgan fingerprint density at radius 3 is 2.33 bits per heavy atom. The molecule has 0 aliphatic rings. The SMILES string of the molecule is C[C@H](CCc1ccc(C(N)=O)cc1)NCC(O)c1ccccc1.Cl. The van der Waals surface area contributed by atoms with Crippen molar-refractivity contribution in [2.45, 2.75) is 31.9 Å². The van der Waals surface area contributed by atoms with Gasteiger partial charge in [0.1, 0.15) is 0 Å². The lowest BCUT2D eigenvalue weighted by atomic mass is 10.0. The van der Waals surface area contributed by atoms with E-state index in [0.717, 1.165) is 18.4 Å². The second-order valence-corrected chi connectivity index (χ2v) is 5.84. The average Bonchev–Trinajstić information content (AvgIpc) is 2.59. The van der Waals surface area contributed by atoms with Crippen LogP contribution in [0.3, 0.4) is 0 Å². The quantitative estimate of drug-likeness (QED) is 0.686. The Hall–Kier alpha value is -1.88. The Kier molecular flexibility index (Phi) is 8.47. The third kappa shape index (κ3) is 6.32. The van der Waals surface area contributed by atoms with Crippen LogP contribution in [0.2, 0.25) is 0 Å². The van der Waals surface area contributed by atoms with Crippen molar-refractivity contribution in [2.24, 2.45) is 5.73 Å². The van der Waals surface area contributed by atoms with Crippen LogP contribution in [0.15, 0.2) is 54.6 Å². The average molecular weight is 349 g/mol. The number of primary amides is 1. The first-order valence-corrected chi connectivity index (χ1v) is 7.91. The van der Waals surface area contributed by atoms with E-state index in [-0.39, 0.29) is 12.4 Å². The third-order valence-corrected chi connectivity index (χ3v) is 3.95. The third-order valence-electron chi connectivity index (χ3n) is 3.95. The maximum atomic E-state index is 11.0. The molecule has 24 heavy (non-hydrogen) atoms. The van der Waals surface area contributed by atoms with Gasteiger partial charge in [-0.1, -0.05) is 42.5 Å². The lowest BCUT2D eigenvalue weighted by molar-refractivity contribution is 0.100. The number of nitrogens with one attached hydrogen (secondary N) is 1. The van der Waals surface area contributed by atoms with E-state index in [1.807, 2.05) is 42.5 Å². The summed E-state index contributed by atoms with van der Waals surface area (Å²) in [5, 5.41) is 13.5. The van der Waals surface area contributed by atoms with Crippen molar-refractivity contribution in [1.29, 1.82) is 0 Å². The minimum Gasteiger partial charge on any atom is -0.387 e. The van der Waals surface area contributed by atoms with Crippen LogP contribution in [0.25, 0.3) is 0 Å². The lowest BCUT2D eigenvalue weighted by Gasteiger charge is -2.17. The fourth-order valence-corrected chi connectivity index (χ4v) is 2.43. The highest BCUT2D eigenvalue weighted by atomic mass is 35.5. The van der Waals surface area contributed by atoms with Crippen molar-refractivity contribution >= 4 is 18.3 Å². The topological polar surface area (TPSA) is 75.4 Å². The van der Waals surface area contributed by atoms with Gasteiger partial charge in [-0.2, -0.15) is 0 Å². The van der Waals surface area contributed by atoms with Crippen LogP contribution in [-0.2, 0) is 6.42 Å². The van der Waals surface area contributed by atoms with Crippen LogP contribution in [0, 0.1) is 0 Å². The molecule has 2 aromatic carbocycles. The molecule has 1 unspecified atom stereocenters. The molecule has 4 nitrogen and oxygen atoms in total. The summed E-state index contributed by atoms with van der Waals surface area (Å²) < 4.78 is 0. The number of aliphatic hydroxyl groups excluding tert-OH is 1. The molecule has 2 aromatic rings. The molecule has 0 radical (unpaired) electrons. The Labute approximate surface area is 149 Å². The second kappa shape index (κ2) is 10.1. The van der Waals surface area contributed by atoms with Gasteiger partial charge in [-0.25, -0.2) is 0 Å². The maximum Gasteiger partial charge on any atom is 0.248 e. The monoisotopic (exact) mass is 348 g/mol. The van der Waals surface area contributed by atoms with Crippen molar-refractivity contribution in [1.82, 2.24) is 5.32 Å².